The van der Waals surface area contributed by atoms with E-state index >= 15 is 0 Å². The van der Waals surface area contributed by atoms with Crippen molar-refractivity contribution in [3.63, 3.8) is 0 Å². The van der Waals surface area contributed by atoms with Gasteiger partial charge in [0.25, 0.3) is 0 Å². The van der Waals surface area contributed by atoms with Crippen molar-refractivity contribution in [2.45, 2.75) is 42.5 Å². The van der Waals surface area contributed by atoms with E-state index in [4.69, 9.17) is 5.73 Å². The van der Waals surface area contributed by atoms with Crippen molar-refractivity contribution >= 4 is 11.8 Å². The highest BCUT2D eigenvalue weighted by atomic mass is 32.2. The summed E-state index contributed by atoms with van der Waals surface area (Å²) >= 11 is 1.74. The molecule has 2 nitrogen and oxygen atoms in total. The summed E-state index contributed by atoms with van der Waals surface area (Å²) in [5.74, 6) is 0. The van der Waals surface area contributed by atoms with Crippen molar-refractivity contribution in [3.8, 4) is 0 Å². The number of thioether (sulfide) groups is 1. The lowest BCUT2D eigenvalue weighted by Gasteiger charge is -2.37. The molecular formula is C13H20N2S. The highest BCUT2D eigenvalue weighted by Gasteiger charge is 2.34. The molecule has 0 bridgehead atoms. The average Bonchev–Trinajstić information content (AvgIpc) is 2.39. The maximum absolute atomic E-state index is 6.06. The molecule has 1 aliphatic rings. The van der Waals surface area contributed by atoms with Crippen molar-refractivity contribution in [2.75, 3.05) is 12.8 Å². The maximum atomic E-state index is 6.06. The molecule has 1 aromatic rings. The van der Waals surface area contributed by atoms with E-state index in [2.05, 4.69) is 17.3 Å². The molecule has 0 aromatic carbocycles. The first kappa shape index (κ1) is 11.9. The van der Waals surface area contributed by atoms with Gasteiger partial charge in [0, 0.05) is 18.2 Å². The Hall–Kier alpha value is -0.540. The molecule has 3 heteroatoms. The number of hydrogen-bond donors (Lipinski definition) is 1. The predicted octanol–water partition coefficient (Wildman–Crippen LogP) is 2.96. The van der Waals surface area contributed by atoms with E-state index in [1.165, 1.54) is 37.7 Å². The normalized spacial score (nSPS) is 19.6. The zero-order valence-corrected chi connectivity index (χ0v) is 10.7. The van der Waals surface area contributed by atoms with Gasteiger partial charge in [0.2, 0.25) is 0 Å². The third kappa shape index (κ3) is 2.11. The minimum atomic E-state index is 0.199. The van der Waals surface area contributed by atoms with Gasteiger partial charge in [-0.2, -0.15) is 0 Å². The van der Waals surface area contributed by atoms with E-state index in [-0.39, 0.29) is 5.41 Å². The first-order valence-electron chi connectivity index (χ1n) is 6.02. The topological polar surface area (TPSA) is 38.9 Å². The van der Waals surface area contributed by atoms with Gasteiger partial charge in [-0.15, -0.1) is 11.8 Å². The first-order valence-corrected chi connectivity index (χ1v) is 7.24. The fraction of sp³-hybridized carbons (Fsp3) is 0.615. The molecule has 0 radical (unpaired) electrons. The third-order valence-corrected chi connectivity index (χ3v) is 4.45. The molecule has 0 unspecified atom stereocenters. The van der Waals surface area contributed by atoms with Gasteiger partial charge in [-0.3, -0.25) is 0 Å². The molecule has 1 heterocycles. The standard InChI is InChI=1S/C13H20N2S/c1-16-12-11(6-5-9-15-12)13(10-14)7-3-2-4-8-13/h5-6,9H,2-4,7-8,10,14H2,1H3. The largest absolute Gasteiger partial charge is 0.330 e. The van der Waals surface area contributed by atoms with Crippen molar-refractivity contribution in [1.29, 1.82) is 0 Å². The summed E-state index contributed by atoms with van der Waals surface area (Å²) in [4.78, 5) is 4.47. The molecule has 0 amide bonds. The highest BCUT2D eigenvalue weighted by molar-refractivity contribution is 7.98. The Morgan fingerprint density at radius 2 is 2.12 bits per heavy atom. The fourth-order valence-corrected chi connectivity index (χ4v) is 3.44. The minimum absolute atomic E-state index is 0.199. The van der Waals surface area contributed by atoms with Crippen LogP contribution in [-0.2, 0) is 5.41 Å². The van der Waals surface area contributed by atoms with E-state index in [0.717, 1.165) is 11.6 Å². The van der Waals surface area contributed by atoms with Crippen molar-refractivity contribution in [3.05, 3.63) is 23.9 Å². The summed E-state index contributed by atoms with van der Waals surface area (Å²) in [6, 6.07) is 4.26. The molecular weight excluding hydrogens is 216 g/mol. The van der Waals surface area contributed by atoms with Gasteiger partial charge >= 0.3 is 0 Å². The quantitative estimate of drug-likeness (QED) is 0.820. The van der Waals surface area contributed by atoms with Crippen LogP contribution in [0.5, 0.6) is 0 Å². The number of pyridine rings is 1. The fourth-order valence-electron chi connectivity index (χ4n) is 2.77. The Morgan fingerprint density at radius 1 is 1.38 bits per heavy atom. The Bertz CT molecular complexity index is 346. The molecule has 2 N–H and O–H groups in total. The predicted molar refractivity (Wildman–Crippen MR) is 69.8 cm³/mol. The van der Waals surface area contributed by atoms with Crippen LogP contribution in [0.25, 0.3) is 0 Å². The van der Waals surface area contributed by atoms with E-state index in [1.54, 1.807) is 11.8 Å². The van der Waals surface area contributed by atoms with Crippen molar-refractivity contribution in [1.82, 2.24) is 4.98 Å². The molecule has 88 valence electrons. The second-order valence-corrected chi connectivity index (χ2v) is 5.40. The van der Waals surface area contributed by atoms with Crippen LogP contribution in [0.2, 0.25) is 0 Å². The van der Waals surface area contributed by atoms with Gasteiger partial charge in [0.05, 0.1) is 5.03 Å². The molecule has 1 saturated carbocycles. The van der Waals surface area contributed by atoms with Crippen molar-refractivity contribution < 1.29 is 0 Å². The van der Waals surface area contributed by atoms with Crippen LogP contribution in [-0.4, -0.2) is 17.8 Å². The lowest BCUT2D eigenvalue weighted by atomic mass is 9.70. The van der Waals surface area contributed by atoms with E-state index in [0.29, 0.717) is 0 Å². The van der Waals surface area contributed by atoms with Crippen LogP contribution in [0.4, 0.5) is 0 Å². The van der Waals surface area contributed by atoms with Crippen LogP contribution in [0, 0.1) is 0 Å². The van der Waals surface area contributed by atoms with E-state index in [1.807, 2.05) is 12.3 Å². The van der Waals surface area contributed by atoms with Crippen molar-refractivity contribution in [2.24, 2.45) is 5.73 Å². The van der Waals surface area contributed by atoms with Gasteiger partial charge in [-0.1, -0.05) is 25.3 Å². The zero-order valence-electron chi connectivity index (χ0n) is 9.91. The first-order chi connectivity index (χ1) is 7.82. The van der Waals surface area contributed by atoms with Gasteiger partial charge < -0.3 is 5.73 Å². The number of aromatic nitrogens is 1. The number of rotatable bonds is 3. The Kier molecular flexibility index (Phi) is 3.87. The highest BCUT2D eigenvalue weighted by Crippen LogP contribution is 2.41. The van der Waals surface area contributed by atoms with Crippen LogP contribution in [0.1, 0.15) is 37.7 Å². The van der Waals surface area contributed by atoms with E-state index < -0.39 is 0 Å². The molecule has 1 aromatic heterocycles. The molecule has 0 aliphatic heterocycles. The smallest absolute Gasteiger partial charge is 0.0995 e. The maximum Gasteiger partial charge on any atom is 0.0995 e. The lowest BCUT2D eigenvalue weighted by molar-refractivity contribution is 0.295. The van der Waals surface area contributed by atoms with Gasteiger partial charge in [0.1, 0.15) is 0 Å². The summed E-state index contributed by atoms with van der Waals surface area (Å²) in [6.07, 6.45) is 10.4. The number of nitrogens with two attached hydrogens (primary N) is 1. The SMILES string of the molecule is CSc1ncccc1C1(CN)CCCCC1. The minimum Gasteiger partial charge on any atom is -0.330 e. The van der Waals surface area contributed by atoms with E-state index in [9.17, 15) is 0 Å². The Balaban J connectivity index is 2.38. The summed E-state index contributed by atoms with van der Waals surface area (Å²) in [5, 5.41) is 1.16. The van der Waals surface area contributed by atoms with Gasteiger partial charge in [-0.25, -0.2) is 4.98 Å². The van der Waals surface area contributed by atoms with Crippen LogP contribution < -0.4 is 5.73 Å². The number of hydrogen-bond acceptors (Lipinski definition) is 3. The summed E-state index contributed by atoms with van der Waals surface area (Å²) in [5.41, 5.74) is 7.64. The van der Waals surface area contributed by atoms with Crippen LogP contribution in [0.15, 0.2) is 23.4 Å². The molecule has 16 heavy (non-hydrogen) atoms. The monoisotopic (exact) mass is 236 g/mol. The molecule has 1 aliphatic carbocycles. The molecule has 1 fully saturated rings. The molecule has 2 rings (SSSR count). The Labute approximate surface area is 102 Å². The summed E-state index contributed by atoms with van der Waals surface area (Å²) in [6.45, 7) is 0.756. The summed E-state index contributed by atoms with van der Waals surface area (Å²) < 4.78 is 0. The van der Waals surface area contributed by atoms with Gasteiger partial charge in [-0.05, 0) is 30.7 Å². The third-order valence-electron chi connectivity index (χ3n) is 3.74. The average molecular weight is 236 g/mol. The number of nitrogens with zero attached hydrogens (tertiary/aromatic N) is 1. The second-order valence-electron chi connectivity index (χ2n) is 4.61. The molecule has 0 atom stereocenters. The van der Waals surface area contributed by atoms with Gasteiger partial charge in [0.15, 0.2) is 0 Å². The van der Waals surface area contributed by atoms with Crippen LogP contribution in [0.3, 0.4) is 0 Å². The molecule has 0 spiro atoms. The zero-order chi connectivity index (χ0) is 11.4. The lowest BCUT2D eigenvalue weighted by Crippen LogP contribution is -2.37. The Morgan fingerprint density at radius 3 is 2.75 bits per heavy atom. The van der Waals surface area contributed by atoms with Crippen LogP contribution >= 0.6 is 11.8 Å². The molecule has 0 saturated heterocycles. The second kappa shape index (κ2) is 5.19. The summed E-state index contributed by atoms with van der Waals surface area (Å²) in [7, 11) is 0.